The van der Waals surface area contributed by atoms with Crippen molar-refractivity contribution in [3.8, 4) is 0 Å². The molecule has 0 aliphatic heterocycles. The largest absolute Gasteiger partial charge is 0.389 e. The van der Waals surface area contributed by atoms with Crippen LogP contribution in [0.5, 0.6) is 0 Å². The minimum Gasteiger partial charge on any atom is -0.389 e. The van der Waals surface area contributed by atoms with Gasteiger partial charge in [-0.05, 0) is 31.7 Å². The molecule has 0 saturated heterocycles. The maximum absolute atomic E-state index is 9.62. The average Bonchev–Trinajstić information content (AvgIpc) is 2.34. The molecule has 0 spiro atoms. The van der Waals surface area contributed by atoms with Crippen molar-refractivity contribution in [3.63, 3.8) is 0 Å². The van der Waals surface area contributed by atoms with E-state index in [9.17, 15) is 5.11 Å². The lowest BCUT2D eigenvalue weighted by atomic mass is 10.0. The second-order valence-corrected chi connectivity index (χ2v) is 4.94. The molecule has 0 heterocycles. The van der Waals surface area contributed by atoms with Crippen LogP contribution in [-0.2, 0) is 4.74 Å². The van der Waals surface area contributed by atoms with Gasteiger partial charge in [0.15, 0.2) is 0 Å². The van der Waals surface area contributed by atoms with Crippen molar-refractivity contribution in [1.29, 1.82) is 0 Å². The predicted molar refractivity (Wildman–Crippen MR) is 73.3 cm³/mol. The van der Waals surface area contributed by atoms with Crippen LogP contribution in [0.1, 0.15) is 52.9 Å². The molecule has 0 rings (SSSR count). The minimum atomic E-state index is -0.365. The van der Waals surface area contributed by atoms with Crippen molar-refractivity contribution in [2.45, 2.75) is 59.0 Å². The van der Waals surface area contributed by atoms with E-state index in [1.807, 2.05) is 0 Å². The first kappa shape index (κ1) is 16.9. The van der Waals surface area contributed by atoms with Gasteiger partial charge in [0.1, 0.15) is 0 Å². The highest BCUT2D eigenvalue weighted by Crippen LogP contribution is 2.08. The molecule has 17 heavy (non-hydrogen) atoms. The Hall–Kier alpha value is -0.120. The van der Waals surface area contributed by atoms with Gasteiger partial charge in [-0.2, -0.15) is 0 Å². The molecule has 0 aromatic heterocycles. The second-order valence-electron chi connectivity index (χ2n) is 4.94. The standard InChI is InChI=1S/C14H31NO2/c1-4-6-9-15-11-14(16)12-17-10-7-8-13(3)5-2/h13-16H,4-12H2,1-3H3. The Kier molecular flexibility index (Phi) is 12.3. The zero-order valence-corrected chi connectivity index (χ0v) is 11.9. The van der Waals surface area contributed by atoms with Gasteiger partial charge in [0.2, 0.25) is 0 Å². The monoisotopic (exact) mass is 245 g/mol. The summed E-state index contributed by atoms with van der Waals surface area (Å²) in [5.41, 5.74) is 0. The third kappa shape index (κ3) is 12.1. The Labute approximate surface area is 107 Å². The van der Waals surface area contributed by atoms with Crippen LogP contribution in [0.4, 0.5) is 0 Å². The molecule has 0 saturated carbocycles. The molecule has 0 aromatic carbocycles. The molecule has 0 aliphatic carbocycles. The number of hydrogen-bond donors (Lipinski definition) is 2. The van der Waals surface area contributed by atoms with Gasteiger partial charge in [-0.3, -0.25) is 0 Å². The zero-order valence-electron chi connectivity index (χ0n) is 11.9. The average molecular weight is 245 g/mol. The topological polar surface area (TPSA) is 41.5 Å². The van der Waals surface area contributed by atoms with E-state index in [1.165, 1.54) is 25.7 Å². The van der Waals surface area contributed by atoms with Gasteiger partial charge >= 0.3 is 0 Å². The van der Waals surface area contributed by atoms with Crippen molar-refractivity contribution in [2.24, 2.45) is 5.92 Å². The number of unbranched alkanes of at least 4 members (excludes halogenated alkanes) is 1. The minimum absolute atomic E-state index is 0.365. The lowest BCUT2D eigenvalue weighted by Crippen LogP contribution is -2.31. The summed E-state index contributed by atoms with van der Waals surface area (Å²) >= 11 is 0. The molecule has 0 amide bonds. The first-order valence-corrected chi connectivity index (χ1v) is 7.17. The van der Waals surface area contributed by atoms with Gasteiger partial charge in [0.05, 0.1) is 12.7 Å². The number of rotatable bonds is 12. The quantitative estimate of drug-likeness (QED) is 0.519. The lowest BCUT2D eigenvalue weighted by Gasteiger charge is -2.13. The molecule has 104 valence electrons. The van der Waals surface area contributed by atoms with Gasteiger partial charge in [-0.25, -0.2) is 0 Å². The Bertz CT molecular complexity index is 153. The fourth-order valence-corrected chi connectivity index (χ4v) is 1.59. The van der Waals surface area contributed by atoms with Gasteiger partial charge in [-0.1, -0.05) is 33.6 Å². The fraction of sp³-hybridized carbons (Fsp3) is 1.00. The summed E-state index contributed by atoms with van der Waals surface area (Å²) in [6, 6.07) is 0. The van der Waals surface area contributed by atoms with E-state index in [-0.39, 0.29) is 6.10 Å². The molecule has 0 aromatic rings. The summed E-state index contributed by atoms with van der Waals surface area (Å²) in [5.74, 6) is 0.791. The zero-order chi connectivity index (χ0) is 12.9. The maximum Gasteiger partial charge on any atom is 0.0897 e. The summed E-state index contributed by atoms with van der Waals surface area (Å²) in [5, 5.41) is 12.8. The van der Waals surface area contributed by atoms with Gasteiger partial charge in [0, 0.05) is 13.2 Å². The first-order valence-electron chi connectivity index (χ1n) is 7.17. The van der Waals surface area contributed by atoms with Crippen molar-refractivity contribution in [1.82, 2.24) is 5.32 Å². The first-order chi connectivity index (χ1) is 8.20. The fourth-order valence-electron chi connectivity index (χ4n) is 1.59. The van der Waals surface area contributed by atoms with E-state index >= 15 is 0 Å². The smallest absolute Gasteiger partial charge is 0.0897 e. The number of ether oxygens (including phenoxy) is 1. The van der Waals surface area contributed by atoms with Crippen LogP contribution >= 0.6 is 0 Å². The van der Waals surface area contributed by atoms with Crippen molar-refractivity contribution < 1.29 is 9.84 Å². The summed E-state index contributed by atoms with van der Waals surface area (Å²) in [6.07, 6.45) is 5.56. The summed E-state index contributed by atoms with van der Waals surface area (Å²) in [6.45, 7) is 9.52. The van der Waals surface area contributed by atoms with Crippen LogP contribution in [0.25, 0.3) is 0 Å². The van der Waals surface area contributed by atoms with Gasteiger partial charge in [-0.15, -0.1) is 0 Å². The third-order valence-electron chi connectivity index (χ3n) is 3.08. The van der Waals surface area contributed by atoms with Crippen molar-refractivity contribution in [3.05, 3.63) is 0 Å². The van der Waals surface area contributed by atoms with E-state index in [4.69, 9.17) is 4.74 Å². The molecule has 0 fully saturated rings. The molecule has 0 aliphatic rings. The predicted octanol–water partition coefficient (Wildman–Crippen LogP) is 2.58. The number of hydrogen-bond acceptors (Lipinski definition) is 3. The van der Waals surface area contributed by atoms with Crippen molar-refractivity contribution >= 4 is 0 Å². The third-order valence-corrected chi connectivity index (χ3v) is 3.08. The van der Waals surface area contributed by atoms with E-state index in [2.05, 4.69) is 26.1 Å². The Balaban J connectivity index is 3.18. The SMILES string of the molecule is CCCCNCC(O)COCCCC(C)CC. The van der Waals surface area contributed by atoms with Crippen LogP contribution in [0, 0.1) is 5.92 Å². The highest BCUT2D eigenvalue weighted by molar-refractivity contribution is 4.58. The maximum atomic E-state index is 9.62. The van der Waals surface area contributed by atoms with Crippen LogP contribution in [-0.4, -0.2) is 37.5 Å². The number of nitrogens with one attached hydrogen (secondary N) is 1. The number of aliphatic hydroxyl groups excluding tert-OH is 1. The van der Waals surface area contributed by atoms with Crippen LogP contribution in [0.3, 0.4) is 0 Å². The normalized spacial score (nSPS) is 14.8. The van der Waals surface area contributed by atoms with Crippen LogP contribution in [0.2, 0.25) is 0 Å². The number of aliphatic hydroxyl groups is 1. The summed E-state index contributed by atoms with van der Waals surface area (Å²) < 4.78 is 5.46. The highest BCUT2D eigenvalue weighted by atomic mass is 16.5. The Morgan fingerprint density at radius 3 is 2.65 bits per heavy atom. The molecular weight excluding hydrogens is 214 g/mol. The molecule has 3 nitrogen and oxygen atoms in total. The van der Waals surface area contributed by atoms with Gasteiger partial charge < -0.3 is 15.2 Å². The van der Waals surface area contributed by atoms with Gasteiger partial charge in [0.25, 0.3) is 0 Å². The highest BCUT2D eigenvalue weighted by Gasteiger charge is 2.03. The molecule has 3 heteroatoms. The second kappa shape index (κ2) is 12.3. The van der Waals surface area contributed by atoms with E-state index in [1.54, 1.807) is 0 Å². The molecule has 0 bridgehead atoms. The summed E-state index contributed by atoms with van der Waals surface area (Å²) in [4.78, 5) is 0. The van der Waals surface area contributed by atoms with E-state index in [0.29, 0.717) is 13.2 Å². The van der Waals surface area contributed by atoms with Crippen LogP contribution in [0.15, 0.2) is 0 Å². The van der Waals surface area contributed by atoms with Crippen molar-refractivity contribution in [2.75, 3.05) is 26.3 Å². The lowest BCUT2D eigenvalue weighted by molar-refractivity contribution is 0.0346. The summed E-state index contributed by atoms with van der Waals surface area (Å²) in [7, 11) is 0. The van der Waals surface area contributed by atoms with E-state index in [0.717, 1.165) is 25.5 Å². The van der Waals surface area contributed by atoms with Crippen LogP contribution < -0.4 is 5.32 Å². The molecule has 2 atom stereocenters. The molecular formula is C14H31NO2. The molecule has 2 unspecified atom stereocenters. The molecule has 2 N–H and O–H groups in total. The molecule has 0 radical (unpaired) electrons. The Morgan fingerprint density at radius 1 is 1.24 bits per heavy atom. The Morgan fingerprint density at radius 2 is 2.00 bits per heavy atom. The van der Waals surface area contributed by atoms with E-state index < -0.39 is 0 Å².